The molecule has 1 N–H and O–H groups in total. The number of nitrogens with zero attached hydrogens (tertiary/aromatic N) is 3. The lowest BCUT2D eigenvalue weighted by Crippen LogP contribution is -2.30. The van der Waals surface area contributed by atoms with Gasteiger partial charge in [-0.3, -0.25) is 4.79 Å². The summed E-state index contributed by atoms with van der Waals surface area (Å²) in [4.78, 5) is 12.7. The van der Waals surface area contributed by atoms with E-state index < -0.39 is 27.8 Å². The van der Waals surface area contributed by atoms with Gasteiger partial charge in [0, 0.05) is 6.54 Å². The molecule has 2 heterocycles. The van der Waals surface area contributed by atoms with Crippen molar-refractivity contribution in [3.05, 3.63) is 69.4 Å². The molecule has 3 aromatic rings. The average Bonchev–Trinajstić information content (AvgIpc) is 3.38. The first-order valence-electron chi connectivity index (χ1n) is 9.75. The van der Waals surface area contributed by atoms with Gasteiger partial charge in [0.2, 0.25) is 15.0 Å². The molecule has 2 aromatic carbocycles. The molecule has 1 aliphatic rings. The van der Waals surface area contributed by atoms with Gasteiger partial charge in [-0.2, -0.15) is 4.31 Å². The number of anilines is 1. The second kappa shape index (κ2) is 8.45. The third-order valence-electron chi connectivity index (χ3n) is 5.05. The number of benzene rings is 2. The number of sulfonamides is 1. The van der Waals surface area contributed by atoms with Gasteiger partial charge in [-0.15, -0.1) is 10.2 Å². The van der Waals surface area contributed by atoms with Crippen LogP contribution in [0.2, 0.25) is 0 Å². The highest BCUT2D eigenvalue weighted by Gasteiger charge is 2.38. The molecule has 1 amide bonds. The maximum atomic E-state index is 13.8. The van der Waals surface area contributed by atoms with Crippen LogP contribution in [0.5, 0.6) is 0 Å². The summed E-state index contributed by atoms with van der Waals surface area (Å²) in [5.41, 5.74) is 1.79. The minimum atomic E-state index is -3.72. The van der Waals surface area contributed by atoms with Gasteiger partial charge >= 0.3 is 0 Å². The predicted molar refractivity (Wildman–Crippen MR) is 116 cm³/mol. The molecule has 10 heteroatoms. The topological polar surface area (TPSA) is 92.3 Å². The fourth-order valence-corrected chi connectivity index (χ4v) is 6.49. The molecule has 162 valence electrons. The summed E-state index contributed by atoms with van der Waals surface area (Å²) in [5, 5.41) is 11.0. The minimum Gasteiger partial charge on any atom is -0.317 e. The Morgan fingerprint density at radius 2 is 1.87 bits per heavy atom. The summed E-state index contributed by atoms with van der Waals surface area (Å²) < 4.78 is 41.8. The third-order valence-corrected chi connectivity index (χ3v) is 7.96. The van der Waals surface area contributed by atoms with E-state index in [2.05, 4.69) is 15.5 Å². The molecule has 31 heavy (non-hydrogen) atoms. The lowest BCUT2D eigenvalue weighted by molar-refractivity contribution is 0.102. The predicted octanol–water partition coefficient (Wildman–Crippen LogP) is 4.07. The third kappa shape index (κ3) is 4.36. The number of aryl methyl sites for hydroxylation is 2. The number of carbonyl (C=O) groups excluding carboxylic acids is 1. The number of aromatic nitrogens is 2. The zero-order chi connectivity index (χ0) is 22.2. The van der Waals surface area contributed by atoms with Crippen molar-refractivity contribution in [2.24, 2.45) is 0 Å². The number of para-hydroxylation sites is 1. The fraction of sp³-hybridized carbons (Fsp3) is 0.286. The average molecular weight is 461 g/mol. The number of halogens is 1. The Morgan fingerprint density at radius 3 is 2.58 bits per heavy atom. The monoisotopic (exact) mass is 460 g/mol. The van der Waals surface area contributed by atoms with Crippen LogP contribution in [0.4, 0.5) is 10.1 Å². The number of nitrogens with one attached hydrogen (secondary N) is 1. The van der Waals surface area contributed by atoms with Gasteiger partial charge in [-0.05, 0) is 62.1 Å². The molecular weight excluding hydrogens is 439 g/mol. The van der Waals surface area contributed by atoms with E-state index in [1.807, 2.05) is 19.9 Å². The number of amides is 1. The van der Waals surface area contributed by atoms with E-state index in [1.54, 1.807) is 18.2 Å². The smallest absolute Gasteiger partial charge is 0.286 e. The second-order valence-electron chi connectivity index (χ2n) is 7.48. The molecule has 1 atom stereocenters. The molecule has 1 aliphatic heterocycles. The Labute approximate surface area is 184 Å². The van der Waals surface area contributed by atoms with Gasteiger partial charge < -0.3 is 5.32 Å². The SMILES string of the molecule is Cc1cc(C)cc(S(=O)(=O)N2CCC[C@H]2c2nnc(C(=O)Nc3ccccc3F)s2)c1. The summed E-state index contributed by atoms with van der Waals surface area (Å²) in [7, 11) is -3.72. The highest BCUT2D eigenvalue weighted by Crippen LogP contribution is 2.38. The fourth-order valence-electron chi connectivity index (χ4n) is 3.69. The van der Waals surface area contributed by atoms with Crippen LogP contribution in [-0.4, -0.2) is 35.4 Å². The quantitative estimate of drug-likeness (QED) is 0.620. The van der Waals surface area contributed by atoms with Crippen molar-refractivity contribution in [1.29, 1.82) is 0 Å². The van der Waals surface area contributed by atoms with E-state index in [-0.39, 0.29) is 15.6 Å². The Hall–Kier alpha value is -2.69. The molecule has 0 aliphatic carbocycles. The van der Waals surface area contributed by atoms with Crippen LogP contribution in [0.1, 0.15) is 44.8 Å². The first-order chi connectivity index (χ1) is 14.8. The van der Waals surface area contributed by atoms with Gasteiger partial charge in [-0.25, -0.2) is 12.8 Å². The molecule has 0 bridgehead atoms. The first kappa shape index (κ1) is 21.5. The molecule has 1 aromatic heterocycles. The van der Waals surface area contributed by atoms with Gasteiger partial charge in [0.05, 0.1) is 16.6 Å². The van der Waals surface area contributed by atoms with Crippen LogP contribution in [0, 0.1) is 19.7 Å². The van der Waals surface area contributed by atoms with Crippen LogP contribution < -0.4 is 5.32 Å². The summed E-state index contributed by atoms with van der Waals surface area (Å²) in [6, 6.07) is 10.6. The van der Waals surface area contributed by atoms with E-state index in [9.17, 15) is 17.6 Å². The standard InChI is InChI=1S/C21H21FN4O3S2/c1-13-10-14(2)12-15(11-13)31(28,29)26-9-5-8-18(26)20-24-25-21(30-20)19(27)23-17-7-4-3-6-16(17)22/h3-4,6-7,10-12,18H,5,8-9H2,1-2H3,(H,23,27)/t18-/m0/s1. The van der Waals surface area contributed by atoms with Crippen molar-refractivity contribution < 1.29 is 17.6 Å². The van der Waals surface area contributed by atoms with E-state index in [1.165, 1.54) is 22.5 Å². The van der Waals surface area contributed by atoms with E-state index in [0.29, 0.717) is 24.4 Å². The highest BCUT2D eigenvalue weighted by molar-refractivity contribution is 7.89. The molecule has 0 spiro atoms. The summed E-state index contributed by atoms with van der Waals surface area (Å²) in [6.07, 6.45) is 1.28. The number of rotatable bonds is 5. The van der Waals surface area contributed by atoms with Crippen molar-refractivity contribution in [1.82, 2.24) is 14.5 Å². The van der Waals surface area contributed by atoms with Crippen LogP contribution >= 0.6 is 11.3 Å². The van der Waals surface area contributed by atoms with E-state index in [4.69, 9.17) is 0 Å². The zero-order valence-corrected chi connectivity index (χ0v) is 18.6. The van der Waals surface area contributed by atoms with E-state index >= 15 is 0 Å². The Morgan fingerprint density at radius 1 is 1.16 bits per heavy atom. The number of carbonyl (C=O) groups is 1. The van der Waals surface area contributed by atoms with Crippen molar-refractivity contribution in [2.45, 2.75) is 37.6 Å². The lowest BCUT2D eigenvalue weighted by atomic mass is 10.2. The van der Waals surface area contributed by atoms with Gasteiger partial charge in [0.25, 0.3) is 5.91 Å². The zero-order valence-electron chi connectivity index (χ0n) is 17.0. The maximum absolute atomic E-state index is 13.8. The lowest BCUT2D eigenvalue weighted by Gasteiger charge is -2.22. The van der Waals surface area contributed by atoms with Gasteiger partial charge in [0.1, 0.15) is 10.8 Å². The van der Waals surface area contributed by atoms with Crippen LogP contribution in [0.25, 0.3) is 0 Å². The van der Waals surface area contributed by atoms with Crippen molar-refractivity contribution in [3.63, 3.8) is 0 Å². The van der Waals surface area contributed by atoms with Gasteiger partial charge in [0.15, 0.2) is 0 Å². The molecule has 4 rings (SSSR count). The normalized spacial score (nSPS) is 17.1. The maximum Gasteiger partial charge on any atom is 0.286 e. The molecule has 1 fully saturated rings. The molecule has 0 saturated carbocycles. The number of hydrogen-bond donors (Lipinski definition) is 1. The van der Waals surface area contributed by atoms with E-state index in [0.717, 1.165) is 22.5 Å². The van der Waals surface area contributed by atoms with Crippen molar-refractivity contribution in [2.75, 3.05) is 11.9 Å². The molecular formula is C21H21FN4O3S2. The highest BCUT2D eigenvalue weighted by atomic mass is 32.2. The molecule has 0 unspecified atom stereocenters. The Balaban J connectivity index is 1.58. The Kier molecular flexibility index (Phi) is 5.87. The summed E-state index contributed by atoms with van der Waals surface area (Å²) in [5.74, 6) is -1.14. The van der Waals surface area contributed by atoms with Gasteiger partial charge in [-0.1, -0.05) is 29.5 Å². The van der Waals surface area contributed by atoms with Crippen LogP contribution in [-0.2, 0) is 10.0 Å². The molecule has 7 nitrogen and oxygen atoms in total. The molecule has 1 saturated heterocycles. The minimum absolute atomic E-state index is 0.0455. The van der Waals surface area contributed by atoms with Crippen molar-refractivity contribution >= 4 is 33.0 Å². The molecule has 0 radical (unpaired) electrons. The Bertz CT molecular complexity index is 1220. The number of hydrogen-bond acceptors (Lipinski definition) is 6. The van der Waals surface area contributed by atoms with Crippen LogP contribution in [0.3, 0.4) is 0 Å². The second-order valence-corrected chi connectivity index (χ2v) is 10.4. The summed E-state index contributed by atoms with van der Waals surface area (Å²) >= 11 is 1.02. The summed E-state index contributed by atoms with van der Waals surface area (Å²) in [6.45, 7) is 4.09. The first-order valence-corrected chi connectivity index (χ1v) is 12.0. The van der Waals surface area contributed by atoms with Crippen molar-refractivity contribution in [3.8, 4) is 0 Å². The largest absolute Gasteiger partial charge is 0.317 e. The van der Waals surface area contributed by atoms with Crippen LogP contribution in [0.15, 0.2) is 47.4 Å².